The van der Waals surface area contributed by atoms with E-state index in [9.17, 15) is 5.11 Å². The summed E-state index contributed by atoms with van der Waals surface area (Å²) in [6, 6.07) is 16.2. The molecule has 2 rings (SSSR count). The van der Waals surface area contributed by atoms with E-state index in [4.69, 9.17) is 4.74 Å². The van der Waals surface area contributed by atoms with Crippen molar-refractivity contribution in [3.05, 3.63) is 65.2 Å². The molecule has 0 aliphatic rings. The molecule has 0 aliphatic carbocycles. The van der Waals surface area contributed by atoms with Gasteiger partial charge in [-0.2, -0.15) is 0 Å². The number of benzene rings is 2. The highest BCUT2D eigenvalue weighted by molar-refractivity contribution is 5.79. The van der Waals surface area contributed by atoms with Crippen molar-refractivity contribution in [1.29, 1.82) is 0 Å². The molecule has 0 saturated heterocycles. The molecule has 1 atom stereocenters. The van der Waals surface area contributed by atoms with Crippen molar-refractivity contribution in [3.63, 3.8) is 0 Å². The summed E-state index contributed by atoms with van der Waals surface area (Å²) in [5.74, 6) is 1.62. The summed E-state index contributed by atoms with van der Waals surface area (Å²) in [6.07, 6.45) is 0.936. The van der Waals surface area contributed by atoms with E-state index >= 15 is 0 Å². The van der Waals surface area contributed by atoms with Gasteiger partial charge in [-0.1, -0.05) is 48.0 Å². The van der Waals surface area contributed by atoms with Crippen LogP contribution in [0.4, 0.5) is 0 Å². The van der Waals surface area contributed by atoms with Gasteiger partial charge in [0.2, 0.25) is 0 Å². The van der Waals surface area contributed by atoms with Crippen molar-refractivity contribution in [2.75, 3.05) is 26.7 Å². The Morgan fingerprint density at radius 1 is 1.15 bits per heavy atom. The summed E-state index contributed by atoms with van der Waals surface area (Å²) >= 11 is 0. The van der Waals surface area contributed by atoms with E-state index in [-0.39, 0.29) is 0 Å². The SMILES string of the molecule is CCNC(=NCC(O)Cc1ccccc1)NCCc1cc(C)ccc1OC. The Morgan fingerprint density at radius 3 is 2.63 bits per heavy atom. The molecule has 0 fully saturated rings. The van der Waals surface area contributed by atoms with E-state index in [0.29, 0.717) is 13.0 Å². The first-order chi connectivity index (χ1) is 13.1. The predicted molar refractivity (Wildman–Crippen MR) is 112 cm³/mol. The number of nitrogens with one attached hydrogen (secondary N) is 2. The van der Waals surface area contributed by atoms with E-state index in [1.165, 1.54) is 11.1 Å². The third kappa shape index (κ3) is 7.31. The van der Waals surface area contributed by atoms with Gasteiger partial charge in [0.25, 0.3) is 0 Å². The van der Waals surface area contributed by atoms with Crippen LogP contribution in [-0.2, 0) is 12.8 Å². The minimum Gasteiger partial charge on any atom is -0.496 e. The Balaban J connectivity index is 1.87. The fourth-order valence-corrected chi connectivity index (χ4v) is 2.91. The van der Waals surface area contributed by atoms with Crippen molar-refractivity contribution in [2.45, 2.75) is 32.8 Å². The second-order valence-electron chi connectivity index (χ2n) is 6.56. The monoisotopic (exact) mass is 369 g/mol. The number of guanidine groups is 1. The van der Waals surface area contributed by atoms with E-state index in [2.05, 4.69) is 34.7 Å². The third-order valence-corrected chi connectivity index (χ3v) is 4.24. The van der Waals surface area contributed by atoms with E-state index < -0.39 is 6.10 Å². The van der Waals surface area contributed by atoms with E-state index in [1.807, 2.05) is 43.3 Å². The number of hydrogen-bond donors (Lipinski definition) is 3. The lowest BCUT2D eigenvalue weighted by molar-refractivity contribution is 0.183. The predicted octanol–water partition coefficient (Wildman–Crippen LogP) is 2.70. The lowest BCUT2D eigenvalue weighted by Crippen LogP contribution is -2.39. The van der Waals surface area contributed by atoms with Gasteiger partial charge < -0.3 is 20.5 Å². The lowest BCUT2D eigenvalue weighted by atomic mass is 10.1. The van der Waals surface area contributed by atoms with Gasteiger partial charge in [-0.3, -0.25) is 4.99 Å². The number of aliphatic hydroxyl groups is 1. The fourth-order valence-electron chi connectivity index (χ4n) is 2.91. The molecule has 5 nitrogen and oxygen atoms in total. The van der Waals surface area contributed by atoms with Gasteiger partial charge in [0, 0.05) is 19.5 Å². The normalized spacial score (nSPS) is 12.5. The number of aliphatic imine (C=N–C) groups is 1. The standard InChI is InChI=1S/C22H31N3O2/c1-4-23-22(25-16-20(26)15-18-8-6-5-7-9-18)24-13-12-19-14-17(2)10-11-21(19)27-3/h5-11,14,20,26H,4,12-13,15-16H2,1-3H3,(H2,23,24,25). The van der Waals surface area contributed by atoms with Gasteiger partial charge in [-0.15, -0.1) is 0 Å². The van der Waals surface area contributed by atoms with Gasteiger partial charge in [0.1, 0.15) is 5.75 Å². The van der Waals surface area contributed by atoms with Crippen LogP contribution in [0.25, 0.3) is 0 Å². The van der Waals surface area contributed by atoms with Crippen molar-refractivity contribution in [1.82, 2.24) is 10.6 Å². The first kappa shape index (κ1) is 20.8. The lowest BCUT2D eigenvalue weighted by Gasteiger charge is -2.14. The zero-order valence-electron chi connectivity index (χ0n) is 16.5. The second-order valence-corrected chi connectivity index (χ2v) is 6.56. The summed E-state index contributed by atoms with van der Waals surface area (Å²) in [5.41, 5.74) is 3.50. The molecule has 0 bridgehead atoms. The molecule has 0 aromatic heterocycles. The molecule has 146 valence electrons. The quantitative estimate of drug-likeness (QED) is 0.470. The highest BCUT2D eigenvalue weighted by Crippen LogP contribution is 2.19. The number of methoxy groups -OCH3 is 1. The van der Waals surface area contributed by atoms with E-state index in [0.717, 1.165) is 36.8 Å². The molecule has 0 aliphatic heterocycles. The molecule has 5 heteroatoms. The maximum absolute atomic E-state index is 10.2. The van der Waals surface area contributed by atoms with Crippen molar-refractivity contribution < 1.29 is 9.84 Å². The third-order valence-electron chi connectivity index (χ3n) is 4.24. The van der Waals surface area contributed by atoms with Crippen molar-refractivity contribution in [3.8, 4) is 5.75 Å². The van der Waals surface area contributed by atoms with Crippen LogP contribution in [0.2, 0.25) is 0 Å². The minimum atomic E-state index is -0.500. The fraction of sp³-hybridized carbons (Fsp3) is 0.409. The molecule has 2 aromatic carbocycles. The first-order valence-corrected chi connectivity index (χ1v) is 9.50. The molecule has 0 radical (unpaired) electrons. The van der Waals surface area contributed by atoms with Gasteiger partial charge in [-0.25, -0.2) is 0 Å². The van der Waals surface area contributed by atoms with E-state index in [1.54, 1.807) is 7.11 Å². The topological polar surface area (TPSA) is 65.9 Å². The molecule has 0 amide bonds. The summed E-state index contributed by atoms with van der Waals surface area (Å²) in [5, 5.41) is 16.8. The smallest absolute Gasteiger partial charge is 0.191 e. The molecule has 0 heterocycles. The van der Waals surface area contributed by atoms with Crippen LogP contribution in [0, 0.1) is 6.92 Å². The Morgan fingerprint density at radius 2 is 1.93 bits per heavy atom. The van der Waals surface area contributed by atoms with Crippen LogP contribution in [0.1, 0.15) is 23.6 Å². The zero-order valence-corrected chi connectivity index (χ0v) is 16.5. The van der Waals surface area contributed by atoms with Crippen LogP contribution in [0.5, 0.6) is 5.75 Å². The van der Waals surface area contributed by atoms with Gasteiger partial charge in [-0.05, 0) is 37.5 Å². The molecule has 2 aromatic rings. The van der Waals surface area contributed by atoms with Crippen molar-refractivity contribution in [2.24, 2.45) is 4.99 Å². The molecular formula is C22H31N3O2. The number of ether oxygens (including phenoxy) is 1. The largest absolute Gasteiger partial charge is 0.496 e. The summed E-state index contributed by atoms with van der Waals surface area (Å²) in [4.78, 5) is 4.51. The Kier molecular flexibility index (Phi) is 8.65. The summed E-state index contributed by atoms with van der Waals surface area (Å²) in [7, 11) is 1.70. The minimum absolute atomic E-state index is 0.359. The van der Waals surface area contributed by atoms with Crippen molar-refractivity contribution >= 4 is 5.96 Å². The zero-order chi connectivity index (χ0) is 19.5. The van der Waals surface area contributed by atoms with Crippen LogP contribution >= 0.6 is 0 Å². The Bertz CT molecular complexity index is 717. The number of hydrogen-bond acceptors (Lipinski definition) is 3. The molecular weight excluding hydrogens is 338 g/mol. The highest BCUT2D eigenvalue weighted by atomic mass is 16.5. The number of aryl methyl sites for hydroxylation is 1. The van der Waals surface area contributed by atoms with Gasteiger partial charge >= 0.3 is 0 Å². The molecule has 3 N–H and O–H groups in total. The second kappa shape index (κ2) is 11.2. The molecule has 1 unspecified atom stereocenters. The number of rotatable bonds is 9. The maximum Gasteiger partial charge on any atom is 0.191 e. The molecule has 27 heavy (non-hydrogen) atoms. The summed E-state index contributed by atoms with van der Waals surface area (Å²) in [6.45, 7) is 5.98. The van der Waals surface area contributed by atoms with Crippen LogP contribution < -0.4 is 15.4 Å². The highest BCUT2D eigenvalue weighted by Gasteiger charge is 2.07. The van der Waals surface area contributed by atoms with Crippen LogP contribution in [0.3, 0.4) is 0 Å². The van der Waals surface area contributed by atoms with Gasteiger partial charge in [0.15, 0.2) is 5.96 Å². The van der Waals surface area contributed by atoms with Gasteiger partial charge in [0.05, 0.1) is 19.8 Å². The molecule has 0 saturated carbocycles. The van der Waals surface area contributed by atoms with Crippen LogP contribution in [-0.4, -0.2) is 43.9 Å². The Hall–Kier alpha value is -2.53. The first-order valence-electron chi connectivity index (χ1n) is 9.50. The van der Waals surface area contributed by atoms with Crippen LogP contribution in [0.15, 0.2) is 53.5 Å². The maximum atomic E-state index is 10.2. The average Bonchev–Trinajstić information content (AvgIpc) is 2.67. The number of nitrogens with zero attached hydrogens (tertiary/aromatic N) is 1. The number of aliphatic hydroxyl groups excluding tert-OH is 1. The summed E-state index contributed by atoms with van der Waals surface area (Å²) < 4.78 is 5.43. The average molecular weight is 370 g/mol. The Labute approximate surface area is 162 Å². The molecule has 0 spiro atoms.